The molecule has 4 nitrogen and oxygen atoms in total. The van der Waals surface area contributed by atoms with E-state index in [4.69, 9.17) is 10.5 Å². The molecule has 1 aliphatic heterocycles. The molecule has 3 N–H and O–H groups in total. The van der Waals surface area contributed by atoms with Crippen molar-refractivity contribution in [2.45, 2.75) is 31.5 Å². The molecule has 120 valence electrons. The quantitative estimate of drug-likeness (QED) is 0.892. The van der Waals surface area contributed by atoms with Crippen LogP contribution in [0.4, 0.5) is 4.39 Å². The molecule has 23 heavy (non-hydrogen) atoms. The highest BCUT2D eigenvalue weighted by Crippen LogP contribution is 2.28. The van der Waals surface area contributed by atoms with E-state index in [2.05, 4.69) is 5.32 Å². The fourth-order valence-corrected chi connectivity index (χ4v) is 2.80. The lowest BCUT2D eigenvalue weighted by atomic mass is 10.1. The Morgan fingerprint density at radius 2 is 1.91 bits per heavy atom. The Morgan fingerprint density at radius 1 is 1.17 bits per heavy atom. The molecule has 0 radical (unpaired) electrons. The minimum absolute atomic E-state index is 0.133. The van der Waals surface area contributed by atoms with Crippen LogP contribution in [0, 0.1) is 5.82 Å². The molecule has 0 aliphatic carbocycles. The van der Waals surface area contributed by atoms with Crippen molar-refractivity contribution in [2.75, 3.05) is 0 Å². The van der Waals surface area contributed by atoms with Crippen LogP contribution < -0.4 is 15.8 Å². The number of ether oxygens (including phenoxy) is 1. The number of primary amides is 1. The number of amides is 1. The highest BCUT2D eigenvalue weighted by atomic mass is 19.1. The SMILES string of the molecule is NC(=O)[C@H]1CCC(c2ccc(OCc3ccccc3F)cc2)N1. The molecule has 1 saturated heterocycles. The summed E-state index contributed by atoms with van der Waals surface area (Å²) < 4.78 is 19.2. The molecule has 1 aliphatic rings. The van der Waals surface area contributed by atoms with Gasteiger partial charge < -0.3 is 10.5 Å². The van der Waals surface area contributed by atoms with Crippen LogP contribution in [0.3, 0.4) is 0 Å². The van der Waals surface area contributed by atoms with Gasteiger partial charge in [0.25, 0.3) is 0 Å². The van der Waals surface area contributed by atoms with Crippen molar-refractivity contribution >= 4 is 5.91 Å². The Hall–Kier alpha value is -2.40. The number of nitrogens with two attached hydrogens (primary N) is 1. The summed E-state index contributed by atoms with van der Waals surface area (Å²) in [7, 11) is 0. The van der Waals surface area contributed by atoms with Crippen molar-refractivity contribution in [1.82, 2.24) is 5.32 Å². The van der Waals surface area contributed by atoms with E-state index in [-0.39, 0.29) is 30.4 Å². The Bertz CT molecular complexity index is 688. The lowest BCUT2D eigenvalue weighted by molar-refractivity contribution is -0.119. The molecule has 0 bridgehead atoms. The summed E-state index contributed by atoms with van der Waals surface area (Å²) in [4.78, 5) is 11.2. The molecular formula is C18H19FN2O2. The molecule has 1 fully saturated rings. The second-order valence-electron chi connectivity index (χ2n) is 5.70. The van der Waals surface area contributed by atoms with E-state index in [0.717, 1.165) is 18.4 Å². The molecule has 5 heteroatoms. The van der Waals surface area contributed by atoms with Gasteiger partial charge in [-0.25, -0.2) is 4.39 Å². The highest BCUT2D eigenvalue weighted by Gasteiger charge is 2.28. The molecule has 0 spiro atoms. The monoisotopic (exact) mass is 314 g/mol. The number of carbonyl (C=O) groups excluding carboxylic acids is 1. The van der Waals surface area contributed by atoms with Gasteiger partial charge in [0.05, 0.1) is 6.04 Å². The number of nitrogens with one attached hydrogen (secondary N) is 1. The number of hydrogen-bond donors (Lipinski definition) is 2. The fraction of sp³-hybridized carbons (Fsp3) is 0.278. The number of hydrogen-bond acceptors (Lipinski definition) is 3. The van der Waals surface area contributed by atoms with Gasteiger partial charge in [-0.15, -0.1) is 0 Å². The van der Waals surface area contributed by atoms with Gasteiger partial charge in [-0.1, -0.05) is 30.3 Å². The van der Waals surface area contributed by atoms with Crippen molar-refractivity contribution in [3.05, 3.63) is 65.5 Å². The number of benzene rings is 2. The lowest BCUT2D eigenvalue weighted by Gasteiger charge is -2.13. The van der Waals surface area contributed by atoms with Gasteiger partial charge in [-0.2, -0.15) is 0 Å². The molecule has 1 amide bonds. The summed E-state index contributed by atoms with van der Waals surface area (Å²) in [6.45, 7) is 0.192. The maximum atomic E-state index is 13.5. The van der Waals surface area contributed by atoms with Gasteiger partial charge in [0.2, 0.25) is 5.91 Å². The molecular weight excluding hydrogens is 295 g/mol. The summed E-state index contributed by atoms with van der Waals surface area (Å²) >= 11 is 0. The minimum atomic E-state index is -0.308. The Balaban J connectivity index is 1.59. The van der Waals surface area contributed by atoms with Crippen LogP contribution in [0.2, 0.25) is 0 Å². The summed E-state index contributed by atoms with van der Waals surface area (Å²) in [5.74, 6) is 0.107. The van der Waals surface area contributed by atoms with Crippen molar-refractivity contribution in [1.29, 1.82) is 0 Å². The van der Waals surface area contributed by atoms with Gasteiger partial charge >= 0.3 is 0 Å². The molecule has 1 heterocycles. The van der Waals surface area contributed by atoms with E-state index in [1.165, 1.54) is 6.07 Å². The Kier molecular flexibility index (Phi) is 4.57. The third-order valence-electron chi connectivity index (χ3n) is 4.12. The molecule has 1 unspecified atom stereocenters. The average molecular weight is 314 g/mol. The van der Waals surface area contributed by atoms with E-state index in [1.807, 2.05) is 24.3 Å². The summed E-state index contributed by atoms with van der Waals surface area (Å²) in [6, 6.07) is 14.1. The van der Waals surface area contributed by atoms with Crippen LogP contribution >= 0.6 is 0 Å². The summed E-state index contributed by atoms with van der Waals surface area (Å²) in [5, 5.41) is 3.23. The summed E-state index contributed by atoms with van der Waals surface area (Å²) in [5.41, 5.74) is 6.93. The largest absolute Gasteiger partial charge is 0.489 e. The highest BCUT2D eigenvalue weighted by molar-refractivity contribution is 5.80. The second-order valence-corrected chi connectivity index (χ2v) is 5.70. The van der Waals surface area contributed by atoms with Gasteiger partial charge in [0.1, 0.15) is 18.2 Å². The van der Waals surface area contributed by atoms with Gasteiger partial charge in [-0.3, -0.25) is 10.1 Å². The van der Waals surface area contributed by atoms with E-state index in [1.54, 1.807) is 18.2 Å². The van der Waals surface area contributed by atoms with Crippen LogP contribution in [0.5, 0.6) is 5.75 Å². The van der Waals surface area contributed by atoms with Crippen molar-refractivity contribution < 1.29 is 13.9 Å². The van der Waals surface area contributed by atoms with Crippen LogP contribution in [0.1, 0.15) is 30.0 Å². The number of carbonyl (C=O) groups is 1. The zero-order valence-electron chi connectivity index (χ0n) is 12.7. The third kappa shape index (κ3) is 3.68. The molecule has 0 aromatic heterocycles. The Morgan fingerprint density at radius 3 is 2.57 bits per heavy atom. The van der Waals surface area contributed by atoms with Gasteiger partial charge in [0, 0.05) is 11.6 Å². The van der Waals surface area contributed by atoms with Crippen molar-refractivity contribution in [3.8, 4) is 5.75 Å². The zero-order chi connectivity index (χ0) is 16.2. The van der Waals surface area contributed by atoms with Crippen LogP contribution in [0.25, 0.3) is 0 Å². The molecule has 2 aromatic rings. The number of halogens is 1. The first kappa shape index (κ1) is 15.5. The fourth-order valence-electron chi connectivity index (χ4n) is 2.80. The van der Waals surface area contributed by atoms with Crippen molar-refractivity contribution in [2.24, 2.45) is 5.73 Å². The smallest absolute Gasteiger partial charge is 0.234 e. The van der Waals surface area contributed by atoms with Crippen LogP contribution in [-0.4, -0.2) is 11.9 Å². The lowest BCUT2D eigenvalue weighted by Crippen LogP contribution is -2.37. The van der Waals surface area contributed by atoms with E-state index in [0.29, 0.717) is 11.3 Å². The predicted octanol–water partition coefficient (Wildman–Crippen LogP) is 2.68. The normalized spacial score (nSPS) is 20.4. The van der Waals surface area contributed by atoms with Gasteiger partial charge in [0.15, 0.2) is 0 Å². The zero-order valence-corrected chi connectivity index (χ0v) is 12.7. The maximum absolute atomic E-state index is 13.5. The second kappa shape index (κ2) is 6.79. The Labute approximate surface area is 134 Å². The molecule has 0 saturated carbocycles. The van der Waals surface area contributed by atoms with Crippen LogP contribution in [0.15, 0.2) is 48.5 Å². The topological polar surface area (TPSA) is 64.4 Å². The predicted molar refractivity (Wildman–Crippen MR) is 85.3 cm³/mol. The maximum Gasteiger partial charge on any atom is 0.234 e. The van der Waals surface area contributed by atoms with E-state index < -0.39 is 0 Å². The first-order chi connectivity index (χ1) is 11.1. The number of rotatable bonds is 5. The standard InChI is InChI=1S/C18H19FN2O2/c19-15-4-2-1-3-13(15)11-23-14-7-5-12(6-8-14)16-9-10-17(21-16)18(20)22/h1-8,16-17,21H,9-11H2,(H2,20,22)/t16?,17-/m1/s1. The first-order valence-electron chi connectivity index (χ1n) is 7.65. The minimum Gasteiger partial charge on any atom is -0.489 e. The van der Waals surface area contributed by atoms with Crippen LogP contribution in [-0.2, 0) is 11.4 Å². The van der Waals surface area contributed by atoms with Gasteiger partial charge in [-0.05, 0) is 36.6 Å². The van der Waals surface area contributed by atoms with E-state index >= 15 is 0 Å². The van der Waals surface area contributed by atoms with E-state index in [9.17, 15) is 9.18 Å². The summed E-state index contributed by atoms with van der Waals surface area (Å²) in [6.07, 6.45) is 1.63. The molecule has 2 aromatic carbocycles. The third-order valence-corrected chi connectivity index (χ3v) is 4.12. The molecule has 2 atom stereocenters. The van der Waals surface area contributed by atoms with Crippen molar-refractivity contribution in [3.63, 3.8) is 0 Å². The molecule has 3 rings (SSSR count). The average Bonchev–Trinajstić information content (AvgIpc) is 3.05. The first-order valence-corrected chi connectivity index (χ1v) is 7.65.